The number of hydrogen-bond donors (Lipinski definition) is 2. The molecule has 0 saturated heterocycles. The largest absolute Gasteiger partial charge is 0.385 e. The molecule has 94 valence electrons. The van der Waals surface area contributed by atoms with E-state index in [1.54, 1.807) is 5.51 Å². The highest BCUT2D eigenvalue weighted by atomic mass is 32.1. The Morgan fingerprint density at radius 1 is 1.33 bits per heavy atom. The number of nitrogens with one attached hydrogen (secondary N) is 2. The van der Waals surface area contributed by atoms with Crippen LogP contribution in [0.15, 0.2) is 35.2 Å². The molecule has 0 aliphatic heterocycles. The van der Waals surface area contributed by atoms with E-state index < -0.39 is 0 Å². The second-order valence-corrected chi connectivity index (χ2v) is 4.49. The highest BCUT2D eigenvalue weighted by molar-refractivity contribution is 7.07. The summed E-state index contributed by atoms with van der Waals surface area (Å²) in [5.74, 6) is -0.0777. The highest BCUT2D eigenvalue weighted by Crippen LogP contribution is 2.09. The van der Waals surface area contributed by atoms with Gasteiger partial charge in [-0.1, -0.05) is 0 Å². The number of nitrogens with zero attached hydrogens (tertiary/aromatic N) is 1. The molecule has 0 atom stereocenters. The minimum absolute atomic E-state index is 0.0777. The Kier molecular flexibility index (Phi) is 4.30. The highest BCUT2D eigenvalue weighted by Gasteiger charge is 2.05. The van der Waals surface area contributed by atoms with Crippen molar-refractivity contribution < 1.29 is 4.79 Å². The quantitative estimate of drug-likeness (QED) is 0.869. The average Bonchev–Trinajstić information content (AvgIpc) is 2.90. The maximum atomic E-state index is 11.9. The van der Waals surface area contributed by atoms with E-state index in [2.05, 4.69) is 15.6 Å². The standard InChI is InChI=1S/C13H15N3OS/c1-2-14-11-5-3-10(4-6-11)13(17)15-7-12-8-18-9-16-12/h3-6,8-9,14H,2,7H2,1H3,(H,15,17). The summed E-state index contributed by atoms with van der Waals surface area (Å²) in [6.45, 7) is 3.38. The first-order valence-corrected chi connectivity index (χ1v) is 6.73. The van der Waals surface area contributed by atoms with Gasteiger partial charge in [0.25, 0.3) is 5.91 Å². The number of aromatic nitrogens is 1. The average molecular weight is 261 g/mol. The second-order valence-electron chi connectivity index (χ2n) is 3.77. The Morgan fingerprint density at radius 2 is 2.11 bits per heavy atom. The van der Waals surface area contributed by atoms with Crippen LogP contribution in [0, 0.1) is 0 Å². The molecule has 1 heterocycles. The van der Waals surface area contributed by atoms with Crippen molar-refractivity contribution in [3.05, 3.63) is 46.4 Å². The summed E-state index contributed by atoms with van der Waals surface area (Å²) in [6, 6.07) is 7.44. The van der Waals surface area contributed by atoms with Crippen molar-refractivity contribution in [1.29, 1.82) is 0 Å². The fourth-order valence-corrected chi connectivity index (χ4v) is 2.10. The number of carbonyl (C=O) groups is 1. The second kappa shape index (κ2) is 6.16. The van der Waals surface area contributed by atoms with Crippen molar-refractivity contribution in [3.63, 3.8) is 0 Å². The summed E-state index contributed by atoms with van der Waals surface area (Å²) < 4.78 is 0. The van der Waals surface area contributed by atoms with Crippen molar-refractivity contribution in [1.82, 2.24) is 10.3 Å². The van der Waals surface area contributed by atoms with Gasteiger partial charge in [-0.2, -0.15) is 0 Å². The van der Waals surface area contributed by atoms with Gasteiger partial charge in [0.15, 0.2) is 0 Å². The lowest BCUT2D eigenvalue weighted by atomic mass is 10.2. The summed E-state index contributed by atoms with van der Waals surface area (Å²) in [6.07, 6.45) is 0. The third-order valence-electron chi connectivity index (χ3n) is 2.44. The summed E-state index contributed by atoms with van der Waals surface area (Å²) in [4.78, 5) is 16.0. The molecule has 18 heavy (non-hydrogen) atoms. The molecule has 1 amide bonds. The first-order chi connectivity index (χ1) is 8.79. The van der Waals surface area contributed by atoms with E-state index in [9.17, 15) is 4.79 Å². The van der Waals surface area contributed by atoms with Gasteiger partial charge in [-0.3, -0.25) is 4.79 Å². The molecule has 1 aromatic carbocycles. The van der Waals surface area contributed by atoms with Gasteiger partial charge in [-0.15, -0.1) is 11.3 Å². The number of hydrogen-bond acceptors (Lipinski definition) is 4. The molecule has 0 bridgehead atoms. The molecule has 0 fully saturated rings. The molecule has 2 rings (SSSR count). The maximum Gasteiger partial charge on any atom is 0.251 e. The lowest BCUT2D eigenvalue weighted by Gasteiger charge is -2.06. The predicted molar refractivity (Wildman–Crippen MR) is 73.9 cm³/mol. The number of rotatable bonds is 5. The van der Waals surface area contributed by atoms with E-state index in [0.29, 0.717) is 12.1 Å². The van der Waals surface area contributed by atoms with Gasteiger partial charge in [0.05, 0.1) is 17.7 Å². The minimum atomic E-state index is -0.0777. The Balaban J connectivity index is 1.92. The first-order valence-electron chi connectivity index (χ1n) is 5.79. The number of carbonyl (C=O) groups excluding carboxylic acids is 1. The van der Waals surface area contributed by atoms with Gasteiger partial charge in [0, 0.05) is 23.2 Å². The molecule has 5 heteroatoms. The van der Waals surface area contributed by atoms with Crippen LogP contribution in [-0.2, 0) is 6.54 Å². The normalized spacial score (nSPS) is 10.1. The molecular weight excluding hydrogens is 246 g/mol. The zero-order chi connectivity index (χ0) is 12.8. The third-order valence-corrected chi connectivity index (χ3v) is 3.08. The van der Waals surface area contributed by atoms with Gasteiger partial charge in [-0.25, -0.2) is 4.98 Å². The lowest BCUT2D eigenvalue weighted by Crippen LogP contribution is -2.22. The van der Waals surface area contributed by atoms with Crippen molar-refractivity contribution in [2.75, 3.05) is 11.9 Å². The number of anilines is 1. The summed E-state index contributed by atoms with van der Waals surface area (Å²) in [7, 11) is 0. The monoisotopic (exact) mass is 261 g/mol. The minimum Gasteiger partial charge on any atom is -0.385 e. The van der Waals surface area contributed by atoms with E-state index in [0.717, 1.165) is 17.9 Å². The van der Waals surface area contributed by atoms with Crippen LogP contribution in [0.4, 0.5) is 5.69 Å². The molecule has 0 radical (unpaired) electrons. The molecule has 0 aliphatic rings. The van der Waals surface area contributed by atoms with Gasteiger partial charge >= 0.3 is 0 Å². The number of amides is 1. The zero-order valence-electron chi connectivity index (χ0n) is 10.1. The topological polar surface area (TPSA) is 54.0 Å². The SMILES string of the molecule is CCNc1ccc(C(=O)NCc2cscn2)cc1. The molecule has 1 aromatic heterocycles. The first kappa shape index (κ1) is 12.6. The van der Waals surface area contributed by atoms with Crippen LogP contribution in [0.1, 0.15) is 23.0 Å². The van der Waals surface area contributed by atoms with Crippen LogP contribution in [0.2, 0.25) is 0 Å². The van der Waals surface area contributed by atoms with Crippen molar-refractivity contribution in [2.45, 2.75) is 13.5 Å². The van der Waals surface area contributed by atoms with Crippen LogP contribution >= 0.6 is 11.3 Å². The van der Waals surface area contributed by atoms with E-state index in [1.165, 1.54) is 11.3 Å². The zero-order valence-corrected chi connectivity index (χ0v) is 11.0. The molecule has 0 saturated carbocycles. The molecule has 0 unspecified atom stereocenters. The van der Waals surface area contributed by atoms with Crippen LogP contribution < -0.4 is 10.6 Å². The third kappa shape index (κ3) is 3.30. The van der Waals surface area contributed by atoms with Crippen LogP contribution in [0.5, 0.6) is 0 Å². The van der Waals surface area contributed by atoms with Crippen LogP contribution in [0.25, 0.3) is 0 Å². The summed E-state index contributed by atoms with van der Waals surface area (Å²) in [5, 5.41) is 7.95. The van der Waals surface area contributed by atoms with Gasteiger partial charge in [0.1, 0.15) is 0 Å². The Morgan fingerprint density at radius 3 is 2.72 bits per heavy atom. The molecular formula is C13H15N3OS. The smallest absolute Gasteiger partial charge is 0.251 e. The van der Waals surface area contributed by atoms with E-state index in [-0.39, 0.29) is 5.91 Å². The Bertz CT molecular complexity index is 493. The number of benzene rings is 1. The summed E-state index contributed by atoms with van der Waals surface area (Å²) >= 11 is 1.52. The van der Waals surface area contributed by atoms with Crippen molar-refractivity contribution in [2.24, 2.45) is 0 Å². The molecule has 2 aromatic rings. The van der Waals surface area contributed by atoms with E-state index >= 15 is 0 Å². The predicted octanol–water partition coefficient (Wildman–Crippen LogP) is 2.50. The molecule has 2 N–H and O–H groups in total. The Hall–Kier alpha value is -1.88. The Labute approximate surface area is 110 Å². The van der Waals surface area contributed by atoms with Crippen molar-refractivity contribution in [3.8, 4) is 0 Å². The molecule has 4 nitrogen and oxygen atoms in total. The van der Waals surface area contributed by atoms with Crippen molar-refractivity contribution >= 4 is 22.9 Å². The van der Waals surface area contributed by atoms with Crippen LogP contribution in [-0.4, -0.2) is 17.4 Å². The number of thiazole rings is 1. The van der Waals surface area contributed by atoms with Crippen LogP contribution in [0.3, 0.4) is 0 Å². The van der Waals surface area contributed by atoms with E-state index in [4.69, 9.17) is 0 Å². The van der Waals surface area contributed by atoms with Gasteiger partial charge in [0.2, 0.25) is 0 Å². The molecule has 0 aliphatic carbocycles. The fraction of sp³-hybridized carbons (Fsp3) is 0.231. The van der Waals surface area contributed by atoms with Gasteiger partial charge < -0.3 is 10.6 Å². The molecule has 0 spiro atoms. The summed E-state index contributed by atoms with van der Waals surface area (Å²) in [5.41, 5.74) is 4.32. The van der Waals surface area contributed by atoms with E-state index in [1.807, 2.05) is 36.6 Å². The maximum absolute atomic E-state index is 11.9. The lowest BCUT2D eigenvalue weighted by molar-refractivity contribution is 0.0950. The fourth-order valence-electron chi connectivity index (χ4n) is 1.54. The van der Waals surface area contributed by atoms with Gasteiger partial charge in [-0.05, 0) is 31.2 Å².